The van der Waals surface area contributed by atoms with Gasteiger partial charge in [-0.25, -0.2) is 4.98 Å². The third-order valence-corrected chi connectivity index (χ3v) is 23.4. The van der Waals surface area contributed by atoms with E-state index in [1.807, 2.05) is 45.0 Å². The first-order valence-electron chi connectivity index (χ1n) is 35.4. The molecule has 0 aliphatic carbocycles. The maximum absolute atomic E-state index is 15.6. The van der Waals surface area contributed by atoms with Crippen molar-refractivity contribution in [1.82, 2.24) is 20.5 Å². The fraction of sp³-hybridized carbons (Fsp3) is 0.826. The lowest BCUT2D eigenvalue weighted by Gasteiger charge is -2.44. The standard InChI is InChI=1S/C69H122B2N4O20S4/c1-15-19-21-22-25-38-96-97-39-29-73-57(82)69(12,71-48-67(10,61(87)92-32-30-75(13)14)45-64(7,59(85)91-31-20-16-2)43-63(6,27-17-3)58(83)84)46-65(8,60(86)94-37-40-98-99-51-26-23-24-28-72-51)44-66(9,56(81)74-41-49(5)77)47-70-68(11,18-4)62(88)93-36-34-89-33-35-90-55-54(80)53(79)52(78)50(42-76)95-55/h23-24,26,28,49-50,52-55,70-71,76-80H,15-22,25,27,29-48H2,1-14H3,(H,73,82)(H,74,81)(H,83,84)/t49-,50-,52+,53+,54-,55-,63?,64?,65?,66?,67?,68?,69?/m1/s1. The number of carboxylic acids is 1. The van der Waals surface area contributed by atoms with Crippen molar-refractivity contribution in [1.29, 1.82) is 0 Å². The molecule has 24 nitrogen and oxygen atoms in total. The number of rotatable bonds is 55. The van der Waals surface area contributed by atoms with E-state index in [0.717, 1.165) is 30.0 Å². The van der Waals surface area contributed by atoms with Gasteiger partial charge in [-0.3, -0.25) is 33.6 Å². The third-order valence-electron chi connectivity index (χ3n) is 18.7. The van der Waals surface area contributed by atoms with Gasteiger partial charge in [0, 0.05) is 59.1 Å². The van der Waals surface area contributed by atoms with Crippen molar-refractivity contribution in [2.24, 2.45) is 27.1 Å². The van der Waals surface area contributed by atoms with Gasteiger partial charge in [0.15, 0.2) is 6.29 Å². The van der Waals surface area contributed by atoms with Crippen LogP contribution in [-0.4, -0.2) is 237 Å². The normalized spacial score (nSPS) is 20.9. The second-order valence-corrected chi connectivity index (χ2v) is 34.0. The van der Waals surface area contributed by atoms with Gasteiger partial charge in [0.1, 0.15) is 63.8 Å². The Kier molecular flexibility index (Phi) is 43.0. The summed E-state index contributed by atoms with van der Waals surface area (Å²) < 4.78 is 40.6. The largest absolute Gasteiger partial charge is 0.481 e. The summed E-state index contributed by atoms with van der Waals surface area (Å²) in [6.45, 7) is 20.3. The van der Waals surface area contributed by atoms with Gasteiger partial charge in [-0.1, -0.05) is 138 Å². The van der Waals surface area contributed by atoms with E-state index in [-0.39, 0.29) is 125 Å². The number of aliphatic hydroxyl groups is 5. The van der Waals surface area contributed by atoms with E-state index in [1.54, 1.807) is 89.2 Å². The topological polar surface area (TPSA) is 346 Å². The fourth-order valence-electron chi connectivity index (χ4n) is 12.5. The number of unbranched alkanes of at least 4 members (excludes halogenated alkanes) is 5. The molecular formula is C69H122B2N4O20S4. The first kappa shape index (κ1) is 91.7. The molecule has 0 bridgehead atoms. The van der Waals surface area contributed by atoms with Gasteiger partial charge in [0.25, 0.3) is 0 Å². The molecule has 0 spiro atoms. The van der Waals surface area contributed by atoms with E-state index >= 15 is 19.2 Å². The Morgan fingerprint density at radius 1 is 0.616 bits per heavy atom. The molecule has 99 heavy (non-hydrogen) atoms. The number of aromatic nitrogens is 1. The number of hydrogen-bond acceptors (Lipinski definition) is 25. The summed E-state index contributed by atoms with van der Waals surface area (Å²) >= 11 is 0. The Balaban J connectivity index is 2.84. The zero-order chi connectivity index (χ0) is 74.5. The van der Waals surface area contributed by atoms with Crippen molar-refractivity contribution in [3.63, 3.8) is 0 Å². The lowest BCUT2D eigenvalue weighted by molar-refractivity contribution is -0.302. The van der Waals surface area contributed by atoms with Gasteiger partial charge in [0.05, 0.1) is 60.8 Å². The van der Waals surface area contributed by atoms with Crippen LogP contribution >= 0.6 is 43.2 Å². The molecule has 0 saturated carbocycles. The molecule has 13 atom stereocenters. The van der Waals surface area contributed by atoms with Gasteiger partial charge in [-0.15, -0.1) is 0 Å². The van der Waals surface area contributed by atoms with Gasteiger partial charge < -0.3 is 79.3 Å². The van der Waals surface area contributed by atoms with E-state index in [9.17, 15) is 45.0 Å². The monoisotopic (exact) mass is 1480 g/mol. The summed E-state index contributed by atoms with van der Waals surface area (Å²) in [4.78, 5) is 110. The average molecular weight is 1480 g/mol. The quantitative estimate of drug-likeness (QED) is 0.0100. The molecule has 2 heterocycles. The second kappa shape index (κ2) is 46.4. The van der Waals surface area contributed by atoms with Gasteiger partial charge in [-0.05, 0) is 123 Å². The molecule has 1 fully saturated rings. The number of nitrogens with zero attached hydrogens (tertiary/aromatic N) is 2. The molecule has 1 saturated heterocycles. The van der Waals surface area contributed by atoms with E-state index in [1.165, 1.54) is 41.4 Å². The van der Waals surface area contributed by atoms with Gasteiger partial charge >= 0.3 is 29.8 Å². The Labute approximate surface area is 607 Å². The summed E-state index contributed by atoms with van der Waals surface area (Å²) in [5.41, 5.74) is -7.82. The van der Waals surface area contributed by atoms with Crippen LogP contribution in [0.25, 0.3) is 0 Å². The highest BCUT2D eigenvalue weighted by Gasteiger charge is 2.55. The molecule has 2 rings (SSSR count). The minimum atomic E-state index is -1.71. The number of ether oxygens (including phenoxy) is 7. The highest BCUT2D eigenvalue weighted by Crippen LogP contribution is 2.53. The predicted octanol–water partition coefficient (Wildman–Crippen LogP) is 8.11. The van der Waals surface area contributed by atoms with Crippen LogP contribution < -0.4 is 10.6 Å². The molecule has 568 valence electrons. The van der Waals surface area contributed by atoms with Crippen LogP contribution in [0.2, 0.25) is 23.3 Å². The molecule has 1 aliphatic rings. The van der Waals surface area contributed by atoms with Crippen molar-refractivity contribution < 1.29 is 97.4 Å². The lowest BCUT2D eigenvalue weighted by atomic mass is 9.41. The van der Waals surface area contributed by atoms with Crippen LogP contribution in [0.3, 0.4) is 0 Å². The number of aliphatic hydroxyl groups excluding tert-OH is 5. The summed E-state index contributed by atoms with van der Waals surface area (Å²) in [7, 11) is 9.79. The smallest absolute Gasteiger partial charge is 0.311 e. The number of carbonyl (C=O) groups excluding carboxylic acids is 6. The first-order valence-corrected chi connectivity index (χ1v) is 40.2. The van der Waals surface area contributed by atoms with E-state index in [0.29, 0.717) is 37.3 Å². The highest BCUT2D eigenvalue weighted by atomic mass is 33.1. The van der Waals surface area contributed by atoms with E-state index in [4.69, 9.17) is 33.2 Å². The third kappa shape index (κ3) is 31.9. The lowest BCUT2D eigenvalue weighted by Crippen LogP contribution is -2.59. The summed E-state index contributed by atoms with van der Waals surface area (Å²) in [5.74, 6) is -2.96. The molecule has 30 heteroatoms. The molecule has 2 amide bonds. The number of carbonyl (C=O) groups is 7. The number of nitrogens with one attached hydrogen (secondary N) is 2. The second-order valence-electron chi connectivity index (χ2n) is 28.9. The van der Waals surface area contributed by atoms with Crippen LogP contribution in [0.15, 0.2) is 29.4 Å². The molecule has 0 aromatic carbocycles. The Morgan fingerprint density at radius 3 is 1.82 bits per heavy atom. The molecule has 1 aliphatic heterocycles. The number of amides is 2. The molecule has 1 aromatic heterocycles. The Hall–Kier alpha value is -3.39. The molecule has 0 radical (unpaired) electrons. The molecule has 1 aromatic rings. The van der Waals surface area contributed by atoms with E-state index < -0.39 is 123 Å². The fourth-order valence-corrected chi connectivity index (χ4v) is 16.3. The minimum absolute atomic E-state index is 0.0171. The average Bonchev–Trinajstić information content (AvgIpc) is 0.793. The number of pyridine rings is 1. The Morgan fingerprint density at radius 2 is 1.20 bits per heavy atom. The SMILES string of the molecule is CCCCCCCSSCCNC(=O)C(C)(BCC(C)(CC(C)(CC(C)(CCC)C(=O)O)C(=O)OCCCC)C(=O)OCCN(C)C)CC(C)(CC(C)(CBC(C)(CC)C(=O)OCCOCCO[C@@H]1O[C@H](CO)[C@H](O)[C@H](O)[C@H]1O)C(=O)NC[C@@H](C)O)C(=O)OCCSSc1ccccn1. The molecular weight excluding hydrogens is 1350 g/mol. The molecule has 7 unspecified atom stereocenters. The maximum Gasteiger partial charge on any atom is 0.311 e. The predicted molar refractivity (Wildman–Crippen MR) is 394 cm³/mol. The van der Waals surface area contributed by atoms with Crippen molar-refractivity contribution in [2.75, 3.05) is 104 Å². The molecule has 8 N–H and O–H groups in total. The van der Waals surface area contributed by atoms with Crippen LogP contribution in [0.4, 0.5) is 0 Å². The van der Waals surface area contributed by atoms with Crippen LogP contribution in [-0.2, 0) is 66.7 Å². The maximum atomic E-state index is 15.6. The van der Waals surface area contributed by atoms with Gasteiger partial charge in [0.2, 0.25) is 11.8 Å². The van der Waals surface area contributed by atoms with Crippen molar-refractivity contribution in [3.05, 3.63) is 24.4 Å². The van der Waals surface area contributed by atoms with Crippen LogP contribution in [0.1, 0.15) is 173 Å². The zero-order valence-electron chi connectivity index (χ0n) is 61.8. The number of aliphatic carboxylic acids is 1. The first-order chi connectivity index (χ1) is 46.6. The van der Waals surface area contributed by atoms with Crippen LogP contribution in [0, 0.1) is 27.1 Å². The summed E-state index contributed by atoms with van der Waals surface area (Å²) in [6.07, 6.45) is 0.295. The number of esters is 4. The van der Waals surface area contributed by atoms with Crippen molar-refractivity contribution in [2.45, 2.75) is 238 Å². The highest BCUT2D eigenvalue weighted by molar-refractivity contribution is 8.77. The summed E-state index contributed by atoms with van der Waals surface area (Å²) in [5, 5.41) is 65.5. The number of carboxylic acid groups (broad SMARTS) is 1. The number of likely N-dealkylation sites (N-methyl/N-ethyl adjacent to an activating group) is 1. The summed E-state index contributed by atoms with van der Waals surface area (Å²) in [6, 6.07) is 5.52. The van der Waals surface area contributed by atoms with Crippen molar-refractivity contribution in [3.8, 4) is 0 Å². The Bertz CT molecular complexity index is 2560. The zero-order valence-corrected chi connectivity index (χ0v) is 65.1. The van der Waals surface area contributed by atoms with Crippen molar-refractivity contribution >= 4 is 99.4 Å². The van der Waals surface area contributed by atoms with E-state index in [2.05, 4.69) is 22.5 Å². The van der Waals surface area contributed by atoms with Gasteiger partial charge in [-0.2, -0.15) is 0 Å². The number of hydrogen-bond donors (Lipinski definition) is 8. The minimum Gasteiger partial charge on any atom is -0.481 e. The van der Waals surface area contributed by atoms with Crippen LogP contribution in [0.5, 0.6) is 0 Å².